The summed E-state index contributed by atoms with van der Waals surface area (Å²) in [7, 11) is -1.37. The van der Waals surface area contributed by atoms with Gasteiger partial charge in [-0.25, -0.2) is 0 Å². The Hall–Kier alpha value is -2.32. The van der Waals surface area contributed by atoms with E-state index in [9.17, 15) is 4.79 Å². The van der Waals surface area contributed by atoms with Crippen LogP contribution >= 0.6 is 9.21 Å². The summed E-state index contributed by atoms with van der Waals surface area (Å²) in [5.41, 5.74) is 2.34. The fraction of sp³-hybridized carbons (Fsp3) is 0. The molecule has 1 aliphatic rings. The lowest BCUT2D eigenvalue weighted by molar-refractivity contribution is -0.110. The third-order valence-electron chi connectivity index (χ3n) is 3.22. The molecule has 0 N–H and O–H groups in total. The van der Waals surface area contributed by atoms with Crippen molar-refractivity contribution < 1.29 is 4.79 Å². The maximum Gasteiger partial charge on any atom is 0.179 e. The lowest BCUT2D eigenvalue weighted by Gasteiger charge is -2.13. The van der Waals surface area contributed by atoms with Gasteiger partial charge in [0, 0.05) is 0 Å². The molecule has 1 nitrogen and oxygen atoms in total. The number of allylic oxidation sites excluding steroid dienone is 2. The molecule has 0 radical (unpaired) electrons. The number of rotatable bonds is 2. The molecule has 0 atom stereocenters. The van der Waals surface area contributed by atoms with E-state index in [0.717, 1.165) is 0 Å². The summed E-state index contributed by atoms with van der Waals surface area (Å²) in [6, 6.07) is 20.5. The predicted octanol–water partition coefficient (Wildman–Crippen LogP) is 4.10. The number of benzene rings is 2. The van der Waals surface area contributed by atoms with E-state index < -0.39 is 9.21 Å². The number of carbonyl (C=O) groups is 1. The van der Waals surface area contributed by atoms with Crippen LogP contribution in [0.1, 0.15) is 11.1 Å². The molecule has 0 unspecified atom stereocenters. The highest BCUT2D eigenvalue weighted by Gasteiger charge is 2.04. The van der Waals surface area contributed by atoms with E-state index in [1.807, 2.05) is 47.2 Å². The van der Waals surface area contributed by atoms with E-state index in [1.54, 1.807) is 12.2 Å². The molecular formula is C19H16OS. The molecule has 0 aromatic heterocycles. The van der Waals surface area contributed by atoms with Crippen LogP contribution in [0.5, 0.6) is 0 Å². The van der Waals surface area contributed by atoms with Gasteiger partial charge in [0.1, 0.15) is 0 Å². The number of ketones is 1. The summed E-state index contributed by atoms with van der Waals surface area (Å²) < 4.78 is 0. The van der Waals surface area contributed by atoms with Crippen molar-refractivity contribution in [1.29, 1.82) is 0 Å². The van der Waals surface area contributed by atoms with Crippen molar-refractivity contribution in [3.8, 4) is 0 Å². The van der Waals surface area contributed by atoms with Crippen LogP contribution < -0.4 is 0 Å². The minimum atomic E-state index is -1.37. The van der Waals surface area contributed by atoms with E-state index in [2.05, 4.69) is 35.0 Å². The second kappa shape index (κ2) is 5.98. The van der Waals surface area contributed by atoms with Crippen LogP contribution in [0.15, 0.2) is 83.6 Å². The van der Waals surface area contributed by atoms with Gasteiger partial charge < -0.3 is 0 Å². The average molecular weight is 292 g/mol. The van der Waals surface area contributed by atoms with Gasteiger partial charge in [-0.15, -0.1) is 0 Å². The van der Waals surface area contributed by atoms with Crippen molar-refractivity contribution >= 4 is 25.7 Å². The van der Waals surface area contributed by atoms with Crippen molar-refractivity contribution in [2.24, 2.45) is 0 Å². The SMILES string of the molecule is O=C1C=CS(=Cc2ccccc2)(=Cc2ccccc2)C=C1. The van der Waals surface area contributed by atoms with Gasteiger partial charge in [-0.1, -0.05) is 60.7 Å². The molecule has 0 saturated heterocycles. The number of hydrogen-bond acceptors (Lipinski definition) is 1. The summed E-state index contributed by atoms with van der Waals surface area (Å²) in [4.78, 5) is 11.5. The van der Waals surface area contributed by atoms with Gasteiger partial charge >= 0.3 is 0 Å². The molecule has 2 aromatic carbocycles. The van der Waals surface area contributed by atoms with Crippen LogP contribution in [-0.4, -0.2) is 16.5 Å². The van der Waals surface area contributed by atoms with E-state index >= 15 is 0 Å². The molecule has 0 aliphatic carbocycles. The van der Waals surface area contributed by atoms with Gasteiger partial charge in [0.2, 0.25) is 0 Å². The van der Waals surface area contributed by atoms with Crippen LogP contribution in [0.3, 0.4) is 0 Å². The topological polar surface area (TPSA) is 17.1 Å². The fourth-order valence-electron chi connectivity index (χ4n) is 2.20. The van der Waals surface area contributed by atoms with Gasteiger partial charge in [-0.3, -0.25) is 4.79 Å². The van der Waals surface area contributed by atoms with Crippen molar-refractivity contribution in [2.75, 3.05) is 0 Å². The smallest absolute Gasteiger partial charge is 0.179 e. The monoisotopic (exact) mass is 292 g/mol. The Balaban J connectivity index is 2.20. The van der Waals surface area contributed by atoms with Crippen molar-refractivity contribution in [2.45, 2.75) is 0 Å². The van der Waals surface area contributed by atoms with Crippen molar-refractivity contribution in [1.82, 2.24) is 0 Å². The Morgan fingerprint density at radius 3 is 1.52 bits per heavy atom. The third kappa shape index (κ3) is 3.41. The largest absolute Gasteiger partial charge is 0.290 e. The summed E-state index contributed by atoms with van der Waals surface area (Å²) in [6.07, 6.45) is 3.35. The van der Waals surface area contributed by atoms with Crippen molar-refractivity contribution in [3.63, 3.8) is 0 Å². The van der Waals surface area contributed by atoms with E-state index in [0.29, 0.717) is 0 Å². The third-order valence-corrected chi connectivity index (χ3v) is 5.79. The van der Waals surface area contributed by atoms with E-state index in [4.69, 9.17) is 0 Å². The molecule has 2 heteroatoms. The quantitative estimate of drug-likeness (QED) is 0.762. The highest BCUT2D eigenvalue weighted by Crippen LogP contribution is 2.32. The molecule has 1 aliphatic heterocycles. The van der Waals surface area contributed by atoms with Gasteiger partial charge in [-0.2, -0.15) is 9.21 Å². The summed E-state index contributed by atoms with van der Waals surface area (Å²) >= 11 is 0. The second-order valence-corrected chi connectivity index (χ2v) is 7.53. The molecule has 0 fully saturated rings. The molecule has 0 saturated carbocycles. The van der Waals surface area contributed by atoms with Gasteiger partial charge in [-0.05, 0) is 44.8 Å². The van der Waals surface area contributed by atoms with Gasteiger partial charge in [0.05, 0.1) is 0 Å². The maximum absolute atomic E-state index is 11.5. The highest BCUT2D eigenvalue weighted by molar-refractivity contribution is 8.34. The van der Waals surface area contributed by atoms with Crippen LogP contribution in [0, 0.1) is 0 Å². The first kappa shape index (κ1) is 13.7. The summed E-state index contributed by atoms with van der Waals surface area (Å²) in [5.74, 6) is 0.0565. The first-order valence-corrected chi connectivity index (χ1v) is 8.68. The average Bonchev–Trinajstić information content (AvgIpc) is 2.52. The molecule has 3 rings (SSSR count). The molecule has 0 bridgehead atoms. The fourth-order valence-corrected chi connectivity index (χ4v) is 4.67. The maximum atomic E-state index is 11.5. The van der Waals surface area contributed by atoms with Gasteiger partial charge in [0.25, 0.3) is 0 Å². The zero-order valence-corrected chi connectivity index (χ0v) is 12.4. The lowest BCUT2D eigenvalue weighted by atomic mass is 10.2. The zero-order valence-electron chi connectivity index (χ0n) is 11.6. The number of carbonyl (C=O) groups excluding carboxylic acids is 1. The Morgan fingerprint density at radius 2 is 1.10 bits per heavy atom. The van der Waals surface area contributed by atoms with Crippen LogP contribution in [0.2, 0.25) is 0 Å². The molecule has 0 amide bonds. The van der Waals surface area contributed by atoms with E-state index in [1.165, 1.54) is 11.1 Å². The highest BCUT2D eigenvalue weighted by atomic mass is 32.2. The minimum absolute atomic E-state index is 0.0565. The molecular weight excluding hydrogens is 276 g/mol. The van der Waals surface area contributed by atoms with Crippen molar-refractivity contribution in [3.05, 3.63) is 94.8 Å². The van der Waals surface area contributed by atoms with Crippen LogP contribution in [-0.2, 0) is 4.79 Å². The second-order valence-electron chi connectivity index (χ2n) is 4.88. The van der Waals surface area contributed by atoms with Gasteiger partial charge in [0.15, 0.2) is 5.78 Å². The van der Waals surface area contributed by atoms with Crippen LogP contribution in [0.25, 0.3) is 0 Å². The minimum Gasteiger partial charge on any atom is -0.290 e. The van der Waals surface area contributed by atoms with E-state index in [-0.39, 0.29) is 5.78 Å². The lowest BCUT2D eigenvalue weighted by Crippen LogP contribution is -1.95. The Morgan fingerprint density at radius 1 is 0.667 bits per heavy atom. The van der Waals surface area contributed by atoms with Crippen LogP contribution in [0.4, 0.5) is 0 Å². The Labute approximate surface area is 125 Å². The number of hydrogen-bond donors (Lipinski definition) is 0. The standard InChI is InChI=1S/C19H16OS/c20-19-11-13-21(14-12-19,15-17-7-3-1-4-8-17)16-18-9-5-2-6-10-18/h1-16H. The molecule has 0 spiro atoms. The zero-order chi connectivity index (χ0) is 14.5. The first-order chi connectivity index (χ1) is 10.3. The summed E-state index contributed by atoms with van der Waals surface area (Å²) in [6.45, 7) is 0. The Kier molecular flexibility index (Phi) is 3.89. The predicted molar refractivity (Wildman–Crippen MR) is 94.1 cm³/mol. The first-order valence-electron chi connectivity index (χ1n) is 6.79. The molecule has 2 aromatic rings. The normalized spacial score (nSPS) is 15.7. The Bertz CT molecular complexity index is 745. The summed E-state index contributed by atoms with van der Waals surface area (Å²) in [5, 5.41) is 8.57. The molecule has 21 heavy (non-hydrogen) atoms. The molecule has 1 heterocycles. The molecule has 104 valence electrons.